The van der Waals surface area contributed by atoms with E-state index in [1.54, 1.807) is 18.3 Å². The van der Waals surface area contributed by atoms with Crippen molar-refractivity contribution in [1.29, 1.82) is 0 Å². The summed E-state index contributed by atoms with van der Waals surface area (Å²) in [6, 6.07) is 3.50. The fourth-order valence-corrected chi connectivity index (χ4v) is 1.57. The van der Waals surface area contributed by atoms with E-state index in [1.165, 1.54) is 7.11 Å². The molecular weight excluding hydrogens is 218 g/mol. The Morgan fingerprint density at radius 3 is 3.00 bits per heavy atom. The first kappa shape index (κ1) is 13.4. The monoisotopic (exact) mass is 237 g/mol. The van der Waals surface area contributed by atoms with Crippen molar-refractivity contribution in [1.82, 2.24) is 10.3 Å². The van der Waals surface area contributed by atoms with Gasteiger partial charge in [-0.3, -0.25) is 4.79 Å². The first-order valence-corrected chi connectivity index (χ1v) is 5.72. The lowest BCUT2D eigenvalue weighted by Crippen LogP contribution is -2.36. The predicted octanol–water partition coefficient (Wildman–Crippen LogP) is 0.947. The van der Waals surface area contributed by atoms with Crippen LogP contribution in [0.15, 0.2) is 18.3 Å². The number of nitrogens with two attached hydrogens (primary N) is 1. The molecule has 94 valence electrons. The minimum atomic E-state index is -0.171. The SMILES string of the molecule is CCC(CCN)NC(=O)c1cccnc1OC. The number of nitrogens with one attached hydrogen (secondary N) is 1. The molecule has 0 aliphatic carbocycles. The summed E-state index contributed by atoms with van der Waals surface area (Å²) in [5.41, 5.74) is 5.94. The van der Waals surface area contributed by atoms with Crippen LogP contribution in [-0.2, 0) is 0 Å². The Bertz CT molecular complexity index is 369. The molecule has 0 saturated heterocycles. The average molecular weight is 237 g/mol. The number of aromatic nitrogens is 1. The Balaban J connectivity index is 2.75. The summed E-state index contributed by atoms with van der Waals surface area (Å²) in [4.78, 5) is 16.0. The van der Waals surface area contributed by atoms with Crippen LogP contribution in [0.2, 0.25) is 0 Å². The van der Waals surface area contributed by atoms with E-state index in [1.807, 2.05) is 6.92 Å². The molecule has 0 radical (unpaired) electrons. The normalized spacial score (nSPS) is 11.9. The Kier molecular flexibility index (Phi) is 5.42. The van der Waals surface area contributed by atoms with Crippen LogP contribution in [0.1, 0.15) is 30.1 Å². The number of nitrogens with zero attached hydrogens (tertiary/aromatic N) is 1. The first-order valence-electron chi connectivity index (χ1n) is 5.72. The van der Waals surface area contributed by atoms with E-state index in [4.69, 9.17) is 10.5 Å². The second kappa shape index (κ2) is 6.85. The lowest BCUT2D eigenvalue weighted by molar-refractivity contribution is 0.0930. The zero-order valence-electron chi connectivity index (χ0n) is 10.3. The van der Waals surface area contributed by atoms with E-state index in [2.05, 4.69) is 10.3 Å². The molecule has 1 aromatic heterocycles. The third-order valence-corrected chi connectivity index (χ3v) is 2.55. The van der Waals surface area contributed by atoms with Crippen LogP contribution in [0.25, 0.3) is 0 Å². The number of pyridine rings is 1. The Morgan fingerprint density at radius 1 is 1.65 bits per heavy atom. The number of carbonyl (C=O) groups is 1. The predicted molar refractivity (Wildman–Crippen MR) is 66.0 cm³/mol. The second-order valence-corrected chi connectivity index (χ2v) is 3.72. The Morgan fingerprint density at radius 2 is 2.41 bits per heavy atom. The number of rotatable bonds is 6. The maximum Gasteiger partial charge on any atom is 0.256 e. The number of hydrogen-bond donors (Lipinski definition) is 2. The second-order valence-electron chi connectivity index (χ2n) is 3.72. The highest BCUT2D eigenvalue weighted by atomic mass is 16.5. The third kappa shape index (κ3) is 3.71. The molecule has 1 amide bonds. The van der Waals surface area contributed by atoms with Gasteiger partial charge in [0.15, 0.2) is 0 Å². The molecule has 1 unspecified atom stereocenters. The molecule has 1 atom stereocenters. The summed E-state index contributed by atoms with van der Waals surface area (Å²) in [7, 11) is 1.50. The maximum absolute atomic E-state index is 12.0. The van der Waals surface area contributed by atoms with Gasteiger partial charge >= 0.3 is 0 Å². The van der Waals surface area contributed by atoms with E-state index in [9.17, 15) is 4.79 Å². The highest BCUT2D eigenvalue weighted by molar-refractivity contribution is 5.96. The van der Waals surface area contributed by atoms with Gasteiger partial charge in [0.05, 0.1) is 7.11 Å². The van der Waals surface area contributed by atoms with Crippen LogP contribution >= 0.6 is 0 Å². The zero-order valence-corrected chi connectivity index (χ0v) is 10.3. The summed E-state index contributed by atoms with van der Waals surface area (Å²) in [5, 5.41) is 2.92. The van der Waals surface area contributed by atoms with Gasteiger partial charge in [-0.15, -0.1) is 0 Å². The molecule has 0 bridgehead atoms. The van der Waals surface area contributed by atoms with Crippen molar-refractivity contribution in [3.8, 4) is 5.88 Å². The standard InChI is InChI=1S/C12H19N3O2/c1-3-9(6-7-13)15-11(16)10-5-4-8-14-12(10)17-2/h4-5,8-9H,3,6-7,13H2,1-2H3,(H,15,16). The van der Waals surface area contributed by atoms with Gasteiger partial charge in [-0.2, -0.15) is 0 Å². The molecule has 0 aliphatic heterocycles. The third-order valence-electron chi connectivity index (χ3n) is 2.55. The van der Waals surface area contributed by atoms with Gasteiger partial charge in [-0.05, 0) is 31.5 Å². The van der Waals surface area contributed by atoms with Crippen LogP contribution in [0.3, 0.4) is 0 Å². The molecule has 1 heterocycles. The summed E-state index contributed by atoms with van der Waals surface area (Å²) in [5.74, 6) is 0.169. The molecule has 5 heteroatoms. The van der Waals surface area contributed by atoms with Crippen molar-refractivity contribution in [2.24, 2.45) is 5.73 Å². The first-order chi connectivity index (χ1) is 8.22. The zero-order chi connectivity index (χ0) is 12.7. The van der Waals surface area contributed by atoms with Crippen molar-refractivity contribution in [3.05, 3.63) is 23.9 Å². The fourth-order valence-electron chi connectivity index (χ4n) is 1.57. The van der Waals surface area contributed by atoms with Crippen LogP contribution < -0.4 is 15.8 Å². The van der Waals surface area contributed by atoms with Gasteiger partial charge in [0.1, 0.15) is 5.56 Å². The lowest BCUT2D eigenvalue weighted by Gasteiger charge is -2.16. The number of hydrogen-bond acceptors (Lipinski definition) is 4. The van der Waals surface area contributed by atoms with Crippen molar-refractivity contribution >= 4 is 5.91 Å². The van der Waals surface area contributed by atoms with Crippen molar-refractivity contribution in [3.63, 3.8) is 0 Å². The minimum absolute atomic E-state index is 0.0948. The maximum atomic E-state index is 12.0. The van der Waals surface area contributed by atoms with Gasteiger partial charge in [0.25, 0.3) is 5.91 Å². The van der Waals surface area contributed by atoms with Gasteiger partial charge in [0.2, 0.25) is 5.88 Å². The van der Waals surface area contributed by atoms with E-state index in [-0.39, 0.29) is 11.9 Å². The molecule has 0 aliphatic rings. The molecule has 17 heavy (non-hydrogen) atoms. The lowest BCUT2D eigenvalue weighted by atomic mass is 10.1. The van der Waals surface area contributed by atoms with Crippen LogP contribution in [-0.4, -0.2) is 30.6 Å². The summed E-state index contributed by atoms with van der Waals surface area (Å²) < 4.78 is 5.05. The molecule has 5 nitrogen and oxygen atoms in total. The Hall–Kier alpha value is -1.62. The molecule has 3 N–H and O–H groups in total. The molecule has 0 spiro atoms. The number of carbonyl (C=O) groups excluding carboxylic acids is 1. The van der Waals surface area contributed by atoms with Crippen molar-refractivity contribution < 1.29 is 9.53 Å². The van der Waals surface area contributed by atoms with Gasteiger partial charge in [0, 0.05) is 12.2 Å². The van der Waals surface area contributed by atoms with Crippen LogP contribution in [0.5, 0.6) is 5.88 Å². The van der Waals surface area contributed by atoms with Crippen LogP contribution in [0, 0.1) is 0 Å². The van der Waals surface area contributed by atoms with Gasteiger partial charge < -0.3 is 15.8 Å². The minimum Gasteiger partial charge on any atom is -0.480 e. The summed E-state index contributed by atoms with van der Waals surface area (Å²) >= 11 is 0. The van der Waals surface area contributed by atoms with E-state index in [0.29, 0.717) is 18.0 Å². The van der Waals surface area contributed by atoms with E-state index in [0.717, 1.165) is 12.8 Å². The molecule has 1 aromatic rings. The van der Waals surface area contributed by atoms with Crippen molar-refractivity contribution in [2.75, 3.05) is 13.7 Å². The number of ether oxygens (including phenoxy) is 1. The smallest absolute Gasteiger partial charge is 0.256 e. The van der Waals surface area contributed by atoms with E-state index >= 15 is 0 Å². The highest BCUT2D eigenvalue weighted by Gasteiger charge is 2.15. The van der Waals surface area contributed by atoms with E-state index < -0.39 is 0 Å². The largest absolute Gasteiger partial charge is 0.480 e. The average Bonchev–Trinajstić information content (AvgIpc) is 2.38. The molecule has 0 saturated carbocycles. The fraction of sp³-hybridized carbons (Fsp3) is 0.500. The topological polar surface area (TPSA) is 77.2 Å². The van der Waals surface area contributed by atoms with Crippen LogP contribution in [0.4, 0.5) is 0 Å². The van der Waals surface area contributed by atoms with Crippen molar-refractivity contribution in [2.45, 2.75) is 25.8 Å². The molecule has 0 fully saturated rings. The summed E-state index contributed by atoms with van der Waals surface area (Å²) in [6.45, 7) is 2.57. The van der Waals surface area contributed by atoms with Gasteiger partial charge in [-0.25, -0.2) is 4.98 Å². The number of amides is 1. The van der Waals surface area contributed by atoms with Gasteiger partial charge in [-0.1, -0.05) is 6.92 Å². The quantitative estimate of drug-likeness (QED) is 0.772. The highest BCUT2D eigenvalue weighted by Crippen LogP contribution is 2.13. The number of methoxy groups -OCH3 is 1. The molecular formula is C12H19N3O2. The molecule has 1 rings (SSSR count). The molecule has 0 aromatic carbocycles. The summed E-state index contributed by atoms with van der Waals surface area (Å²) in [6.07, 6.45) is 3.21. The Labute approximate surface area is 101 Å².